The van der Waals surface area contributed by atoms with Crippen LogP contribution in [0.3, 0.4) is 0 Å². The minimum Gasteiger partial charge on any atom is -0.371 e. The number of nitrogens with zero attached hydrogens (tertiary/aromatic N) is 3. The molecule has 1 aliphatic heterocycles. The van der Waals surface area contributed by atoms with E-state index in [-0.39, 0.29) is 5.91 Å². The first-order valence-electron chi connectivity index (χ1n) is 7.22. The SMILES string of the molecule is Cc1ccc(N2CCCC2)c(C(=O)NCc2ncn[nH]2)c1. The third-order valence-electron chi connectivity index (χ3n) is 3.72. The van der Waals surface area contributed by atoms with E-state index < -0.39 is 0 Å². The van der Waals surface area contributed by atoms with Gasteiger partial charge in [0.1, 0.15) is 12.2 Å². The molecule has 0 unspecified atom stereocenters. The van der Waals surface area contributed by atoms with Crippen molar-refractivity contribution in [3.8, 4) is 0 Å². The van der Waals surface area contributed by atoms with Gasteiger partial charge < -0.3 is 10.2 Å². The number of nitrogens with one attached hydrogen (secondary N) is 2. The highest BCUT2D eigenvalue weighted by atomic mass is 16.1. The molecule has 2 heterocycles. The smallest absolute Gasteiger partial charge is 0.253 e. The molecule has 1 amide bonds. The molecule has 6 heteroatoms. The number of carbonyl (C=O) groups excluding carboxylic acids is 1. The van der Waals surface area contributed by atoms with Crippen molar-refractivity contribution in [3.05, 3.63) is 41.5 Å². The topological polar surface area (TPSA) is 73.9 Å². The highest BCUT2D eigenvalue weighted by Crippen LogP contribution is 2.25. The van der Waals surface area contributed by atoms with Crippen LogP contribution < -0.4 is 10.2 Å². The van der Waals surface area contributed by atoms with Crippen molar-refractivity contribution in [1.82, 2.24) is 20.5 Å². The minimum atomic E-state index is -0.0722. The highest BCUT2D eigenvalue weighted by molar-refractivity contribution is 6.00. The van der Waals surface area contributed by atoms with Crippen LogP contribution >= 0.6 is 0 Å². The molecule has 1 aliphatic rings. The molecule has 0 radical (unpaired) electrons. The van der Waals surface area contributed by atoms with Crippen LogP contribution in [-0.4, -0.2) is 34.2 Å². The molecule has 1 saturated heterocycles. The van der Waals surface area contributed by atoms with Crippen molar-refractivity contribution in [2.75, 3.05) is 18.0 Å². The first kappa shape index (κ1) is 13.6. The fourth-order valence-corrected chi connectivity index (χ4v) is 2.64. The maximum absolute atomic E-state index is 12.5. The van der Waals surface area contributed by atoms with Gasteiger partial charge in [-0.2, -0.15) is 5.10 Å². The number of H-pyrrole nitrogens is 1. The van der Waals surface area contributed by atoms with Crippen molar-refractivity contribution >= 4 is 11.6 Å². The normalized spacial score (nSPS) is 14.4. The van der Waals surface area contributed by atoms with Gasteiger partial charge in [0.05, 0.1) is 12.1 Å². The summed E-state index contributed by atoms with van der Waals surface area (Å²) in [5.74, 6) is 0.579. The number of hydrogen-bond donors (Lipinski definition) is 2. The van der Waals surface area contributed by atoms with Gasteiger partial charge in [0.15, 0.2) is 0 Å². The molecule has 3 rings (SSSR count). The predicted molar refractivity (Wildman–Crippen MR) is 80.2 cm³/mol. The molecule has 1 aromatic carbocycles. The first-order chi connectivity index (χ1) is 10.2. The third kappa shape index (κ3) is 3.04. The summed E-state index contributed by atoms with van der Waals surface area (Å²) in [5.41, 5.74) is 2.84. The fraction of sp³-hybridized carbons (Fsp3) is 0.400. The summed E-state index contributed by atoms with van der Waals surface area (Å²) in [5, 5.41) is 9.40. The Morgan fingerprint density at radius 2 is 2.19 bits per heavy atom. The standard InChI is InChI=1S/C15H19N5O/c1-11-4-5-13(20-6-2-3-7-20)12(8-11)15(21)16-9-14-17-10-18-19-14/h4-5,8,10H,2-3,6-7,9H2,1H3,(H,16,21)(H,17,18,19). The maximum Gasteiger partial charge on any atom is 0.253 e. The summed E-state index contributed by atoms with van der Waals surface area (Å²) in [6.07, 6.45) is 3.81. The van der Waals surface area contributed by atoms with Gasteiger partial charge in [-0.1, -0.05) is 11.6 Å². The Morgan fingerprint density at radius 3 is 2.90 bits per heavy atom. The zero-order valence-electron chi connectivity index (χ0n) is 12.1. The quantitative estimate of drug-likeness (QED) is 0.895. The molecule has 0 spiro atoms. The van der Waals surface area contributed by atoms with E-state index in [0.717, 1.165) is 29.9 Å². The zero-order valence-corrected chi connectivity index (χ0v) is 12.1. The van der Waals surface area contributed by atoms with E-state index in [1.54, 1.807) is 0 Å². The molecule has 0 aliphatic carbocycles. The number of amides is 1. The summed E-state index contributed by atoms with van der Waals surface area (Å²) in [6.45, 7) is 4.39. The number of rotatable bonds is 4. The summed E-state index contributed by atoms with van der Waals surface area (Å²) < 4.78 is 0. The molecule has 2 N–H and O–H groups in total. The molecule has 0 saturated carbocycles. The Hall–Kier alpha value is -2.37. The van der Waals surface area contributed by atoms with E-state index in [1.807, 2.05) is 19.1 Å². The van der Waals surface area contributed by atoms with E-state index in [9.17, 15) is 4.79 Å². The van der Waals surface area contributed by atoms with Gasteiger partial charge in [0.2, 0.25) is 0 Å². The van der Waals surface area contributed by atoms with Gasteiger partial charge in [0, 0.05) is 18.8 Å². The first-order valence-corrected chi connectivity index (χ1v) is 7.22. The molecule has 1 aromatic heterocycles. The lowest BCUT2D eigenvalue weighted by atomic mass is 10.1. The minimum absolute atomic E-state index is 0.0722. The second-order valence-corrected chi connectivity index (χ2v) is 5.33. The van der Waals surface area contributed by atoms with E-state index in [1.165, 1.54) is 19.2 Å². The van der Waals surface area contributed by atoms with Crippen LogP contribution in [0.25, 0.3) is 0 Å². The van der Waals surface area contributed by atoms with E-state index >= 15 is 0 Å². The second-order valence-electron chi connectivity index (χ2n) is 5.33. The monoisotopic (exact) mass is 285 g/mol. The van der Waals surface area contributed by atoms with Crippen LogP contribution in [-0.2, 0) is 6.54 Å². The van der Waals surface area contributed by atoms with Gasteiger partial charge in [-0.3, -0.25) is 9.89 Å². The van der Waals surface area contributed by atoms with E-state index in [0.29, 0.717) is 12.4 Å². The predicted octanol–water partition coefficient (Wildman–Crippen LogP) is 1.64. The third-order valence-corrected chi connectivity index (χ3v) is 3.72. The van der Waals surface area contributed by atoms with Crippen molar-refractivity contribution in [2.24, 2.45) is 0 Å². The number of aryl methyl sites for hydroxylation is 1. The molecule has 21 heavy (non-hydrogen) atoms. The van der Waals surface area contributed by atoms with E-state index in [4.69, 9.17) is 0 Å². The Morgan fingerprint density at radius 1 is 1.38 bits per heavy atom. The number of carbonyl (C=O) groups is 1. The van der Waals surface area contributed by atoms with Crippen LogP contribution in [0.15, 0.2) is 24.5 Å². The molecule has 6 nitrogen and oxygen atoms in total. The summed E-state index contributed by atoms with van der Waals surface area (Å²) in [6, 6.07) is 6.05. The van der Waals surface area contributed by atoms with Crippen LogP contribution in [0.4, 0.5) is 5.69 Å². The van der Waals surface area contributed by atoms with Gasteiger partial charge in [0.25, 0.3) is 5.91 Å². The maximum atomic E-state index is 12.5. The van der Waals surface area contributed by atoms with Crippen LogP contribution in [0.5, 0.6) is 0 Å². The highest BCUT2D eigenvalue weighted by Gasteiger charge is 2.19. The van der Waals surface area contributed by atoms with Gasteiger partial charge in [-0.25, -0.2) is 4.98 Å². The van der Waals surface area contributed by atoms with Crippen molar-refractivity contribution < 1.29 is 4.79 Å². The summed E-state index contributed by atoms with van der Waals surface area (Å²) >= 11 is 0. The lowest BCUT2D eigenvalue weighted by Crippen LogP contribution is -2.27. The van der Waals surface area contributed by atoms with Crippen LogP contribution in [0.2, 0.25) is 0 Å². The van der Waals surface area contributed by atoms with Gasteiger partial charge in [-0.15, -0.1) is 0 Å². The second kappa shape index (κ2) is 5.95. The average molecular weight is 285 g/mol. The molecular weight excluding hydrogens is 266 g/mol. The Kier molecular flexibility index (Phi) is 3.85. The number of aromatic amines is 1. The molecule has 1 fully saturated rings. The van der Waals surface area contributed by atoms with Crippen LogP contribution in [0.1, 0.15) is 34.6 Å². The Labute approximate surface area is 123 Å². The molecular formula is C15H19N5O. The number of aromatic nitrogens is 3. The lowest BCUT2D eigenvalue weighted by molar-refractivity contribution is 0.0950. The fourth-order valence-electron chi connectivity index (χ4n) is 2.64. The average Bonchev–Trinajstić information content (AvgIpc) is 3.18. The lowest BCUT2D eigenvalue weighted by Gasteiger charge is -2.21. The van der Waals surface area contributed by atoms with E-state index in [2.05, 4.69) is 31.5 Å². The zero-order chi connectivity index (χ0) is 14.7. The van der Waals surface area contributed by atoms with Gasteiger partial charge >= 0.3 is 0 Å². The van der Waals surface area contributed by atoms with Crippen molar-refractivity contribution in [1.29, 1.82) is 0 Å². The largest absolute Gasteiger partial charge is 0.371 e. The van der Waals surface area contributed by atoms with Crippen molar-refractivity contribution in [3.63, 3.8) is 0 Å². The number of hydrogen-bond acceptors (Lipinski definition) is 4. The molecule has 2 aromatic rings. The Bertz CT molecular complexity index is 617. The summed E-state index contributed by atoms with van der Waals surface area (Å²) in [7, 11) is 0. The molecule has 110 valence electrons. The number of benzene rings is 1. The van der Waals surface area contributed by atoms with Crippen molar-refractivity contribution in [2.45, 2.75) is 26.3 Å². The van der Waals surface area contributed by atoms with Gasteiger partial charge in [-0.05, 0) is 31.9 Å². The molecule has 0 bridgehead atoms. The molecule has 0 atom stereocenters. The summed E-state index contributed by atoms with van der Waals surface area (Å²) in [4.78, 5) is 18.8. The Balaban J connectivity index is 1.78. The number of anilines is 1. The van der Waals surface area contributed by atoms with Crippen LogP contribution in [0, 0.1) is 6.92 Å².